The molecule has 0 spiro atoms. The number of carbonyl (C=O) groups is 1. The lowest BCUT2D eigenvalue weighted by atomic mass is 9.77. The Morgan fingerprint density at radius 2 is 1.58 bits per heavy atom. The molecule has 1 saturated heterocycles. The Labute approximate surface area is 200 Å². The molecule has 170 valence electrons. The van der Waals surface area contributed by atoms with Crippen molar-refractivity contribution in [1.29, 1.82) is 0 Å². The van der Waals surface area contributed by atoms with E-state index in [1.54, 1.807) is 0 Å². The van der Waals surface area contributed by atoms with E-state index in [9.17, 15) is 4.79 Å². The minimum absolute atomic E-state index is 0.267. The Hall–Kier alpha value is -2.92. The first-order chi connectivity index (χ1) is 16.1. The van der Waals surface area contributed by atoms with Gasteiger partial charge >= 0.3 is 0 Å². The molecule has 1 aliphatic heterocycles. The lowest BCUT2D eigenvalue weighted by Gasteiger charge is -2.40. The van der Waals surface area contributed by atoms with Crippen molar-refractivity contribution in [2.75, 3.05) is 31.1 Å². The Balaban J connectivity index is 1.27. The molecular weight excluding hydrogens is 432 g/mol. The number of piperazine rings is 1. The van der Waals surface area contributed by atoms with Crippen molar-refractivity contribution in [2.24, 2.45) is 0 Å². The summed E-state index contributed by atoms with van der Waals surface area (Å²) in [6.07, 6.45) is 4.02. The Morgan fingerprint density at radius 1 is 0.879 bits per heavy atom. The maximum atomic E-state index is 13.7. The van der Waals surface area contributed by atoms with Crippen molar-refractivity contribution in [3.8, 4) is 11.3 Å². The molecule has 1 aliphatic carbocycles. The van der Waals surface area contributed by atoms with Gasteiger partial charge in [-0.25, -0.2) is 0 Å². The zero-order valence-corrected chi connectivity index (χ0v) is 19.8. The number of halogens is 1. The molecule has 0 N–H and O–H groups in total. The Morgan fingerprint density at radius 3 is 2.21 bits per heavy atom. The zero-order valence-electron chi connectivity index (χ0n) is 19.0. The number of hydrogen-bond acceptors (Lipinski definition) is 4. The summed E-state index contributed by atoms with van der Waals surface area (Å²) in [4.78, 5) is 18.0. The van der Waals surface area contributed by atoms with Crippen LogP contribution in [-0.4, -0.2) is 47.2 Å². The van der Waals surface area contributed by atoms with Gasteiger partial charge in [-0.1, -0.05) is 60.8 Å². The SMILES string of the molecule is Cc1ccccc1-c1ccc(N2CCN(C(=O)C3(c4ccc(Cl)cc4)CCCC3)CC2)nn1. The number of nitrogens with zero attached hydrogens (tertiary/aromatic N) is 4. The fourth-order valence-electron chi connectivity index (χ4n) is 5.31. The van der Waals surface area contributed by atoms with E-state index < -0.39 is 5.41 Å². The molecule has 1 amide bonds. The highest BCUT2D eigenvalue weighted by Gasteiger charge is 2.45. The molecule has 0 atom stereocenters. The molecule has 33 heavy (non-hydrogen) atoms. The number of benzene rings is 2. The summed E-state index contributed by atoms with van der Waals surface area (Å²) in [5.41, 5.74) is 3.89. The number of aromatic nitrogens is 2. The van der Waals surface area contributed by atoms with Crippen LogP contribution < -0.4 is 4.90 Å². The Bertz CT molecular complexity index is 1120. The minimum Gasteiger partial charge on any atom is -0.352 e. The molecule has 0 radical (unpaired) electrons. The number of hydrogen-bond donors (Lipinski definition) is 0. The van der Waals surface area contributed by atoms with Crippen LogP contribution in [0.1, 0.15) is 36.8 Å². The standard InChI is InChI=1S/C27H29ClN4O/c1-20-6-2-3-7-23(20)24-12-13-25(30-29-24)31-16-18-32(19-17-31)26(33)27(14-4-5-15-27)21-8-10-22(28)11-9-21/h2-3,6-13H,4-5,14-19H2,1H3. The fourth-order valence-corrected chi connectivity index (χ4v) is 5.44. The largest absolute Gasteiger partial charge is 0.352 e. The van der Waals surface area contributed by atoms with Crippen molar-refractivity contribution >= 4 is 23.3 Å². The summed E-state index contributed by atoms with van der Waals surface area (Å²) in [7, 11) is 0. The Kier molecular flexibility index (Phi) is 6.07. The first-order valence-corrected chi connectivity index (χ1v) is 12.1. The quantitative estimate of drug-likeness (QED) is 0.532. The lowest BCUT2D eigenvalue weighted by molar-refractivity contribution is -0.137. The van der Waals surface area contributed by atoms with Gasteiger partial charge < -0.3 is 9.80 Å². The van der Waals surface area contributed by atoms with E-state index in [0.717, 1.165) is 61.4 Å². The summed E-state index contributed by atoms with van der Waals surface area (Å²) >= 11 is 6.11. The van der Waals surface area contributed by atoms with E-state index in [-0.39, 0.29) is 5.91 Å². The third kappa shape index (κ3) is 4.22. The molecular formula is C27H29ClN4O. The van der Waals surface area contributed by atoms with Crippen LogP contribution in [0, 0.1) is 6.92 Å². The van der Waals surface area contributed by atoms with Crippen LogP contribution in [0.4, 0.5) is 5.82 Å². The van der Waals surface area contributed by atoms with E-state index in [4.69, 9.17) is 11.6 Å². The molecule has 5 nitrogen and oxygen atoms in total. The van der Waals surface area contributed by atoms with Gasteiger partial charge in [0.2, 0.25) is 5.91 Å². The van der Waals surface area contributed by atoms with Crippen molar-refractivity contribution in [3.05, 3.63) is 76.8 Å². The number of carbonyl (C=O) groups excluding carboxylic acids is 1. The third-order valence-electron chi connectivity index (χ3n) is 7.23. The van der Waals surface area contributed by atoms with Crippen LogP contribution in [0.5, 0.6) is 0 Å². The van der Waals surface area contributed by atoms with Gasteiger partial charge in [0.1, 0.15) is 0 Å². The molecule has 2 heterocycles. The summed E-state index contributed by atoms with van der Waals surface area (Å²) in [6, 6.07) is 20.2. The number of rotatable bonds is 4. The second-order valence-electron chi connectivity index (χ2n) is 9.17. The smallest absolute Gasteiger partial charge is 0.233 e. The minimum atomic E-state index is -0.401. The van der Waals surface area contributed by atoms with Crippen LogP contribution in [0.2, 0.25) is 5.02 Å². The van der Waals surface area contributed by atoms with E-state index in [1.807, 2.05) is 53.4 Å². The van der Waals surface area contributed by atoms with Crippen LogP contribution in [0.3, 0.4) is 0 Å². The van der Waals surface area contributed by atoms with Crippen molar-refractivity contribution < 1.29 is 4.79 Å². The molecule has 2 aromatic carbocycles. The van der Waals surface area contributed by atoms with E-state index >= 15 is 0 Å². The second-order valence-corrected chi connectivity index (χ2v) is 9.60. The van der Waals surface area contributed by atoms with Crippen molar-refractivity contribution in [1.82, 2.24) is 15.1 Å². The maximum Gasteiger partial charge on any atom is 0.233 e. The van der Waals surface area contributed by atoms with Crippen LogP contribution in [0.15, 0.2) is 60.7 Å². The highest BCUT2D eigenvalue weighted by molar-refractivity contribution is 6.30. The molecule has 6 heteroatoms. The van der Waals surface area contributed by atoms with Gasteiger partial charge in [0.05, 0.1) is 11.1 Å². The first kappa shape index (κ1) is 21.9. The molecule has 2 fully saturated rings. The summed E-state index contributed by atoms with van der Waals surface area (Å²) in [5, 5.41) is 9.68. The first-order valence-electron chi connectivity index (χ1n) is 11.8. The number of amides is 1. The highest BCUT2D eigenvalue weighted by atomic mass is 35.5. The van der Waals surface area contributed by atoms with Gasteiger partial charge in [-0.05, 0) is 55.2 Å². The molecule has 1 aromatic heterocycles. The van der Waals surface area contributed by atoms with Gasteiger partial charge in [-0.3, -0.25) is 4.79 Å². The number of anilines is 1. The van der Waals surface area contributed by atoms with Crippen LogP contribution in [-0.2, 0) is 10.2 Å². The topological polar surface area (TPSA) is 49.3 Å². The molecule has 3 aromatic rings. The van der Waals surface area contributed by atoms with Gasteiger partial charge in [-0.2, -0.15) is 0 Å². The molecule has 0 unspecified atom stereocenters. The average Bonchev–Trinajstić information content (AvgIpc) is 3.36. The highest BCUT2D eigenvalue weighted by Crippen LogP contribution is 2.43. The molecule has 0 bridgehead atoms. The van der Waals surface area contributed by atoms with Crippen molar-refractivity contribution in [3.63, 3.8) is 0 Å². The van der Waals surface area contributed by atoms with Gasteiger partial charge in [0.15, 0.2) is 5.82 Å². The monoisotopic (exact) mass is 460 g/mol. The summed E-state index contributed by atoms with van der Waals surface area (Å²) < 4.78 is 0. The van der Waals surface area contributed by atoms with E-state index in [1.165, 1.54) is 5.56 Å². The van der Waals surface area contributed by atoms with Gasteiger partial charge in [0.25, 0.3) is 0 Å². The predicted molar refractivity (Wildman–Crippen MR) is 133 cm³/mol. The van der Waals surface area contributed by atoms with Crippen LogP contribution >= 0.6 is 11.6 Å². The van der Waals surface area contributed by atoms with E-state index in [0.29, 0.717) is 18.1 Å². The molecule has 2 aliphatic rings. The fraction of sp³-hybridized carbons (Fsp3) is 0.370. The van der Waals surface area contributed by atoms with Crippen LogP contribution in [0.25, 0.3) is 11.3 Å². The second kappa shape index (κ2) is 9.14. The normalized spacial score (nSPS) is 17.9. The summed E-state index contributed by atoms with van der Waals surface area (Å²) in [6.45, 7) is 5.02. The molecule has 5 rings (SSSR count). The average molecular weight is 461 g/mol. The zero-order chi connectivity index (χ0) is 22.8. The number of aryl methyl sites for hydroxylation is 1. The van der Waals surface area contributed by atoms with Crippen molar-refractivity contribution in [2.45, 2.75) is 38.0 Å². The predicted octanol–water partition coefficient (Wildman–Crippen LogP) is 5.27. The summed E-state index contributed by atoms with van der Waals surface area (Å²) in [5.74, 6) is 1.13. The van der Waals surface area contributed by atoms with E-state index in [2.05, 4.69) is 34.2 Å². The maximum absolute atomic E-state index is 13.7. The third-order valence-corrected chi connectivity index (χ3v) is 7.48. The lowest BCUT2D eigenvalue weighted by Crippen LogP contribution is -2.54. The van der Waals surface area contributed by atoms with Gasteiger partial charge in [-0.15, -0.1) is 10.2 Å². The molecule has 1 saturated carbocycles. The van der Waals surface area contributed by atoms with Gasteiger partial charge in [0, 0.05) is 36.8 Å².